The molecule has 26 heavy (non-hydrogen) atoms. The molecule has 0 aliphatic carbocycles. The summed E-state index contributed by atoms with van der Waals surface area (Å²) in [6, 6.07) is 16.6. The van der Waals surface area contributed by atoms with Gasteiger partial charge in [0.15, 0.2) is 0 Å². The van der Waals surface area contributed by atoms with E-state index in [0.29, 0.717) is 13.2 Å². The van der Waals surface area contributed by atoms with Crippen LogP contribution in [-0.4, -0.2) is 44.3 Å². The fourth-order valence-electron chi connectivity index (χ4n) is 3.31. The van der Waals surface area contributed by atoms with E-state index in [4.69, 9.17) is 9.47 Å². The molecule has 0 unspecified atom stereocenters. The Kier molecular flexibility index (Phi) is 6.56. The minimum atomic E-state index is 0.541. The molecule has 0 aromatic heterocycles. The van der Waals surface area contributed by atoms with Gasteiger partial charge in [-0.25, -0.2) is 0 Å². The molecule has 0 bridgehead atoms. The maximum absolute atomic E-state index is 5.79. The first kappa shape index (κ1) is 18.3. The van der Waals surface area contributed by atoms with Gasteiger partial charge in [0.05, 0.1) is 12.3 Å². The maximum Gasteiger partial charge on any atom is 0.142 e. The molecule has 0 radical (unpaired) electrons. The Hall–Kier alpha value is -2.46. The van der Waals surface area contributed by atoms with Gasteiger partial charge in [-0.05, 0) is 25.1 Å². The molecule has 4 nitrogen and oxygen atoms in total. The first-order chi connectivity index (χ1) is 12.8. The normalized spacial score (nSPS) is 14.9. The van der Waals surface area contributed by atoms with Gasteiger partial charge in [0, 0.05) is 38.3 Å². The first-order valence-corrected chi connectivity index (χ1v) is 9.32. The lowest BCUT2D eigenvalue weighted by Crippen LogP contribution is -2.46. The molecule has 1 aliphatic rings. The third-order valence-corrected chi connectivity index (χ3v) is 4.60. The van der Waals surface area contributed by atoms with Crippen LogP contribution in [-0.2, 0) is 6.54 Å². The lowest BCUT2D eigenvalue weighted by atomic mass is 10.1. The zero-order valence-corrected chi connectivity index (χ0v) is 15.6. The Morgan fingerprint density at radius 1 is 0.923 bits per heavy atom. The van der Waals surface area contributed by atoms with E-state index < -0.39 is 0 Å². The summed E-state index contributed by atoms with van der Waals surface area (Å²) in [5.74, 6) is 1.93. The van der Waals surface area contributed by atoms with Crippen LogP contribution in [0.4, 0.5) is 5.69 Å². The molecule has 4 heteroatoms. The first-order valence-electron chi connectivity index (χ1n) is 9.32. The Labute approximate surface area is 156 Å². The second-order valence-corrected chi connectivity index (χ2v) is 6.37. The van der Waals surface area contributed by atoms with Gasteiger partial charge in [-0.3, -0.25) is 4.90 Å². The highest BCUT2D eigenvalue weighted by molar-refractivity contribution is 5.58. The molecule has 0 N–H and O–H groups in total. The van der Waals surface area contributed by atoms with E-state index in [9.17, 15) is 0 Å². The Morgan fingerprint density at radius 2 is 1.62 bits per heavy atom. The number of benzene rings is 2. The van der Waals surface area contributed by atoms with Crippen molar-refractivity contribution < 1.29 is 9.47 Å². The number of anilines is 1. The second-order valence-electron chi connectivity index (χ2n) is 6.37. The summed E-state index contributed by atoms with van der Waals surface area (Å²) in [5.41, 5.74) is 2.43. The predicted octanol–water partition coefficient (Wildman–Crippen LogP) is 3.97. The zero-order chi connectivity index (χ0) is 18.2. The van der Waals surface area contributed by atoms with Crippen molar-refractivity contribution in [1.29, 1.82) is 0 Å². The molecule has 2 aromatic rings. The van der Waals surface area contributed by atoms with Crippen LogP contribution in [0.3, 0.4) is 0 Å². The predicted molar refractivity (Wildman–Crippen MR) is 107 cm³/mol. The van der Waals surface area contributed by atoms with Gasteiger partial charge in [-0.1, -0.05) is 43.0 Å². The van der Waals surface area contributed by atoms with E-state index in [-0.39, 0.29) is 0 Å². The summed E-state index contributed by atoms with van der Waals surface area (Å²) in [4.78, 5) is 4.90. The lowest BCUT2D eigenvalue weighted by molar-refractivity contribution is 0.243. The van der Waals surface area contributed by atoms with E-state index in [1.807, 2.05) is 25.1 Å². The molecule has 3 rings (SSSR count). The van der Waals surface area contributed by atoms with Gasteiger partial charge in [0.25, 0.3) is 0 Å². The van der Waals surface area contributed by atoms with Crippen LogP contribution in [0, 0.1) is 0 Å². The van der Waals surface area contributed by atoms with E-state index in [1.165, 1.54) is 11.3 Å². The number of nitrogens with zero attached hydrogens (tertiary/aromatic N) is 2. The van der Waals surface area contributed by atoms with E-state index in [1.54, 1.807) is 6.08 Å². The SMILES string of the molecule is C=CCOc1ccccc1CN1CCN(c2ccccc2OCC)CC1. The van der Waals surface area contributed by atoms with Gasteiger partial charge in [0.1, 0.15) is 18.1 Å². The second kappa shape index (κ2) is 9.30. The number of para-hydroxylation sites is 3. The van der Waals surface area contributed by atoms with Crippen LogP contribution in [0.2, 0.25) is 0 Å². The summed E-state index contributed by atoms with van der Waals surface area (Å²) in [5, 5.41) is 0. The van der Waals surface area contributed by atoms with Crippen LogP contribution in [0.5, 0.6) is 11.5 Å². The van der Waals surface area contributed by atoms with Crippen molar-refractivity contribution in [2.24, 2.45) is 0 Å². The van der Waals surface area contributed by atoms with Gasteiger partial charge >= 0.3 is 0 Å². The molecule has 1 saturated heterocycles. The molecule has 1 heterocycles. The Bertz CT molecular complexity index is 709. The van der Waals surface area contributed by atoms with Crippen molar-refractivity contribution in [2.45, 2.75) is 13.5 Å². The number of hydrogen-bond donors (Lipinski definition) is 0. The fourth-order valence-corrected chi connectivity index (χ4v) is 3.31. The molecule has 0 saturated carbocycles. The van der Waals surface area contributed by atoms with Gasteiger partial charge < -0.3 is 14.4 Å². The largest absolute Gasteiger partial charge is 0.492 e. The average molecular weight is 352 g/mol. The van der Waals surface area contributed by atoms with Crippen molar-refractivity contribution in [3.8, 4) is 11.5 Å². The van der Waals surface area contributed by atoms with Crippen molar-refractivity contribution in [1.82, 2.24) is 4.90 Å². The molecular weight excluding hydrogens is 324 g/mol. The van der Waals surface area contributed by atoms with E-state index >= 15 is 0 Å². The number of hydrogen-bond acceptors (Lipinski definition) is 4. The van der Waals surface area contributed by atoms with Gasteiger partial charge in [-0.15, -0.1) is 0 Å². The van der Waals surface area contributed by atoms with Crippen molar-refractivity contribution in [2.75, 3.05) is 44.3 Å². The molecule has 0 spiro atoms. The smallest absolute Gasteiger partial charge is 0.142 e. The number of rotatable bonds is 8. The molecule has 138 valence electrons. The van der Waals surface area contributed by atoms with Crippen LogP contribution >= 0.6 is 0 Å². The minimum absolute atomic E-state index is 0.541. The van der Waals surface area contributed by atoms with Crippen LogP contribution in [0.25, 0.3) is 0 Å². The van der Waals surface area contributed by atoms with E-state index in [2.05, 4.69) is 46.7 Å². The van der Waals surface area contributed by atoms with E-state index in [0.717, 1.165) is 44.2 Å². The van der Waals surface area contributed by atoms with Crippen LogP contribution in [0.15, 0.2) is 61.2 Å². The molecule has 0 atom stereocenters. The minimum Gasteiger partial charge on any atom is -0.492 e. The Balaban J connectivity index is 1.60. The van der Waals surface area contributed by atoms with Gasteiger partial charge in [-0.2, -0.15) is 0 Å². The Morgan fingerprint density at radius 3 is 2.35 bits per heavy atom. The van der Waals surface area contributed by atoms with Crippen LogP contribution < -0.4 is 14.4 Å². The summed E-state index contributed by atoms with van der Waals surface area (Å²) < 4.78 is 11.6. The molecule has 1 fully saturated rings. The highest BCUT2D eigenvalue weighted by Crippen LogP contribution is 2.29. The van der Waals surface area contributed by atoms with Gasteiger partial charge in [0.2, 0.25) is 0 Å². The quantitative estimate of drug-likeness (QED) is 0.671. The monoisotopic (exact) mass is 352 g/mol. The molecule has 2 aromatic carbocycles. The van der Waals surface area contributed by atoms with Crippen molar-refractivity contribution in [3.05, 3.63) is 66.7 Å². The van der Waals surface area contributed by atoms with Crippen LogP contribution in [0.1, 0.15) is 12.5 Å². The molecule has 0 amide bonds. The standard InChI is InChI=1S/C22H28N2O2/c1-3-17-26-21-11-7-5-9-19(21)18-23-13-15-24(16-14-23)20-10-6-8-12-22(20)25-4-2/h3,5-12H,1,4,13-18H2,2H3. The highest BCUT2D eigenvalue weighted by atomic mass is 16.5. The van der Waals surface area contributed by atoms with Crippen molar-refractivity contribution >= 4 is 5.69 Å². The zero-order valence-electron chi connectivity index (χ0n) is 15.6. The number of ether oxygens (including phenoxy) is 2. The maximum atomic E-state index is 5.79. The number of piperazine rings is 1. The highest BCUT2D eigenvalue weighted by Gasteiger charge is 2.20. The fraction of sp³-hybridized carbons (Fsp3) is 0.364. The summed E-state index contributed by atoms with van der Waals surface area (Å²) in [6.45, 7) is 11.9. The molecular formula is C22H28N2O2. The van der Waals surface area contributed by atoms with Crippen molar-refractivity contribution in [3.63, 3.8) is 0 Å². The average Bonchev–Trinajstić information content (AvgIpc) is 2.69. The summed E-state index contributed by atoms with van der Waals surface area (Å²) >= 11 is 0. The molecule has 1 aliphatic heterocycles. The lowest BCUT2D eigenvalue weighted by Gasteiger charge is -2.36. The third-order valence-electron chi connectivity index (χ3n) is 4.60. The summed E-state index contributed by atoms with van der Waals surface area (Å²) in [7, 11) is 0. The topological polar surface area (TPSA) is 24.9 Å². The summed E-state index contributed by atoms with van der Waals surface area (Å²) in [6.07, 6.45) is 1.78. The third kappa shape index (κ3) is 4.58.